The van der Waals surface area contributed by atoms with Crippen molar-refractivity contribution in [3.8, 4) is 0 Å². The zero-order valence-electron chi connectivity index (χ0n) is 19.3. The molecule has 0 spiro atoms. The predicted molar refractivity (Wildman–Crippen MR) is 119 cm³/mol. The van der Waals surface area contributed by atoms with E-state index < -0.39 is 0 Å². The average Bonchev–Trinajstić information content (AvgIpc) is 3.28. The highest BCUT2D eigenvalue weighted by Crippen LogP contribution is 1.98. The molecular weight excluding hydrogens is 342 g/mol. The first-order chi connectivity index (χ1) is 13.1. The van der Waals surface area contributed by atoms with Crippen molar-refractivity contribution in [2.45, 2.75) is 66.7 Å². The fourth-order valence-corrected chi connectivity index (χ4v) is 1.42. The number of hydrogen-bond donors (Lipinski definition) is 3. The third-order valence-corrected chi connectivity index (χ3v) is 2.66. The van der Waals surface area contributed by atoms with Gasteiger partial charge in [0.1, 0.15) is 6.61 Å². The maximum atomic E-state index is 9.43. The van der Waals surface area contributed by atoms with E-state index in [9.17, 15) is 4.79 Å². The van der Waals surface area contributed by atoms with Gasteiger partial charge >= 0.3 is 0 Å². The molecule has 1 saturated heterocycles. The van der Waals surface area contributed by atoms with Gasteiger partial charge in [-0.1, -0.05) is 47.6 Å². The van der Waals surface area contributed by atoms with Gasteiger partial charge in [0, 0.05) is 19.5 Å². The summed E-state index contributed by atoms with van der Waals surface area (Å²) in [7, 11) is 3.72. The Kier molecular flexibility index (Phi) is 49.4. The smallest absolute Gasteiger partial charge is 0.293 e. The van der Waals surface area contributed by atoms with Gasteiger partial charge in [-0.15, -0.1) is 0 Å². The summed E-state index contributed by atoms with van der Waals surface area (Å²) < 4.78 is 9.59. The third kappa shape index (κ3) is 51.6. The van der Waals surface area contributed by atoms with Crippen LogP contribution in [0.5, 0.6) is 0 Å². The average molecular weight is 392 g/mol. The van der Waals surface area contributed by atoms with Crippen LogP contribution < -0.4 is 16.0 Å². The van der Waals surface area contributed by atoms with Crippen molar-refractivity contribution in [2.75, 3.05) is 53.5 Å². The number of nitrogens with one attached hydrogen (secondary N) is 3. The topological polar surface area (TPSA) is 71.6 Å². The second kappa shape index (κ2) is 39.8. The Bertz CT molecular complexity index is 231. The van der Waals surface area contributed by atoms with E-state index >= 15 is 0 Å². The van der Waals surface area contributed by atoms with Crippen LogP contribution in [0.4, 0.5) is 0 Å². The van der Waals surface area contributed by atoms with E-state index in [1.807, 2.05) is 20.9 Å². The second-order valence-corrected chi connectivity index (χ2v) is 5.48. The fraction of sp³-hybridized carbons (Fsp3) is 0.857. The molecule has 0 radical (unpaired) electrons. The number of ether oxygens (including phenoxy) is 2. The normalized spacial score (nSPS) is 10.9. The third-order valence-electron chi connectivity index (χ3n) is 2.66. The lowest BCUT2D eigenvalue weighted by molar-refractivity contribution is -0.128. The SMILES string of the molecule is C1CCNC1.C=C(CCNC)OCCC.CC.CCC.CNCCOC=O. The van der Waals surface area contributed by atoms with Gasteiger partial charge in [0.15, 0.2) is 0 Å². The number of rotatable bonds is 10. The summed E-state index contributed by atoms with van der Waals surface area (Å²) in [5.74, 6) is 0.885. The Morgan fingerprint density at radius 1 is 1.04 bits per heavy atom. The fourth-order valence-electron chi connectivity index (χ4n) is 1.42. The number of hydrogen-bond acceptors (Lipinski definition) is 6. The summed E-state index contributed by atoms with van der Waals surface area (Å²) in [5, 5.41) is 9.08. The highest BCUT2D eigenvalue weighted by Gasteiger charge is 1.93. The van der Waals surface area contributed by atoms with Gasteiger partial charge in [-0.3, -0.25) is 4.79 Å². The van der Waals surface area contributed by atoms with Crippen molar-refractivity contribution in [1.29, 1.82) is 0 Å². The zero-order chi connectivity index (χ0) is 21.6. The summed E-state index contributed by atoms with van der Waals surface area (Å²) in [6.07, 6.45) is 6.00. The van der Waals surface area contributed by atoms with Gasteiger partial charge in [-0.2, -0.15) is 0 Å². The van der Waals surface area contributed by atoms with E-state index in [1.165, 1.54) is 32.4 Å². The maximum absolute atomic E-state index is 9.43. The molecule has 0 aromatic rings. The van der Waals surface area contributed by atoms with Crippen LogP contribution in [-0.2, 0) is 14.3 Å². The summed E-state index contributed by atoms with van der Waals surface area (Å²) >= 11 is 0. The van der Waals surface area contributed by atoms with Gasteiger partial charge in [0.05, 0.1) is 12.4 Å². The zero-order valence-corrected chi connectivity index (χ0v) is 19.3. The first-order valence-electron chi connectivity index (χ1n) is 10.5. The standard InChI is InChI=1S/C8H17NO.C4H9NO2.C4H9N.C3H8.C2H6/c1-4-7-10-8(2)5-6-9-3;1-5-2-3-7-4-6;1-2-4-5-3-1;1-3-2;1-2/h9H,2,4-7H2,1,3H3;4-5H,2-3H2,1H3;5H,1-4H2;3H2,1-2H3;1-2H3. The van der Waals surface area contributed by atoms with Gasteiger partial charge in [-0.25, -0.2) is 0 Å². The predicted octanol–water partition coefficient (Wildman–Crippen LogP) is 3.73. The molecule has 0 aromatic heterocycles. The van der Waals surface area contributed by atoms with Crippen LogP contribution in [0.25, 0.3) is 0 Å². The van der Waals surface area contributed by atoms with Crippen LogP contribution in [0.2, 0.25) is 0 Å². The highest BCUT2D eigenvalue weighted by atomic mass is 16.5. The van der Waals surface area contributed by atoms with Gasteiger partial charge in [-0.05, 0) is 46.4 Å². The quantitative estimate of drug-likeness (QED) is 0.299. The molecule has 0 aliphatic carbocycles. The highest BCUT2D eigenvalue weighted by molar-refractivity contribution is 5.36. The molecule has 27 heavy (non-hydrogen) atoms. The van der Waals surface area contributed by atoms with E-state index in [0.717, 1.165) is 38.3 Å². The number of carbonyl (C=O) groups excluding carboxylic acids is 1. The van der Waals surface area contributed by atoms with Crippen LogP contribution in [0, 0.1) is 0 Å². The van der Waals surface area contributed by atoms with E-state index in [1.54, 1.807) is 7.05 Å². The minimum absolute atomic E-state index is 0.442. The lowest BCUT2D eigenvalue weighted by Gasteiger charge is -2.06. The summed E-state index contributed by atoms with van der Waals surface area (Å²) in [5.41, 5.74) is 0. The molecule has 6 nitrogen and oxygen atoms in total. The lowest BCUT2D eigenvalue weighted by atomic mass is 10.4. The molecule has 0 unspecified atom stereocenters. The molecule has 1 rings (SSSR count). The van der Waals surface area contributed by atoms with Gasteiger partial charge in [0.25, 0.3) is 6.47 Å². The Morgan fingerprint density at radius 2 is 1.56 bits per heavy atom. The van der Waals surface area contributed by atoms with Crippen molar-refractivity contribution >= 4 is 6.47 Å². The Labute approximate surface area is 169 Å². The van der Waals surface area contributed by atoms with Crippen molar-refractivity contribution in [3.05, 3.63) is 12.3 Å². The molecule has 0 saturated carbocycles. The molecule has 0 amide bonds. The second-order valence-electron chi connectivity index (χ2n) is 5.48. The first-order valence-corrected chi connectivity index (χ1v) is 10.5. The van der Waals surface area contributed by atoms with Crippen LogP contribution in [-0.4, -0.2) is 60.0 Å². The molecule has 1 heterocycles. The van der Waals surface area contributed by atoms with E-state index in [-0.39, 0.29) is 0 Å². The number of likely N-dealkylation sites (N-methyl/N-ethyl adjacent to an activating group) is 1. The van der Waals surface area contributed by atoms with Gasteiger partial charge in [0.2, 0.25) is 0 Å². The first kappa shape index (κ1) is 33.5. The molecular formula is C21H49N3O3. The lowest BCUT2D eigenvalue weighted by Crippen LogP contribution is -2.13. The molecule has 166 valence electrons. The molecule has 0 atom stereocenters. The molecule has 1 aliphatic heterocycles. The summed E-state index contributed by atoms with van der Waals surface area (Å²) in [4.78, 5) is 9.43. The van der Waals surface area contributed by atoms with Crippen molar-refractivity contribution < 1.29 is 14.3 Å². The molecule has 1 fully saturated rings. The maximum Gasteiger partial charge on any atom is 0.293 e. The van der Waals surface area contributed by atoms with Crippen LogP contribution >= 0.6 is 0 Å². The van der Waals surface area contributed by atoms with E-state index in [0.29, 0.717) is 13.1 Å². The minimum atomic E-state index is 0.442. The Morgan fingerprint density at radius 3 is 1.89 bits per heavy atom. The van der Waals surface area contributed by atoms with Crippen LogP contribution in [0.1, 0.15) is 66.7 Å². The van der Waals surface area contributed by atoms with Crippen LogP contribution in [0.15, 0.2) is 12.3 Å². The molecule has 1 aliphatic rings. The Hall–Kier alpha value is -1.11. The van der Waals surface area contributed by atoms with Gasteiger partial charge < -0.3 is 25.4 Å². The monoisotopic (exact) mass is 391 g/mol. The summed E-state index contributed by atoms with van der Waals surface area (Å²) in [6, 6.07) is 0. The largest absolute Gasteiger partial charge is 0.499 e. The molecule has 6 heteroatoms. The van der Waals surface area contributed by atoms with Crippen LogP contribution in [0.3, 0.4) is 0 Å². The van der Waals surface area contributed by atoms with Crippen molar-refractivity contribution in [1.82, 2.24) is 16.0 Å². The van der Waals surface area contributed by atoms with Crippen molar-refractivity contribution in [2.24, 2.45) is 0 Å². The Balaban J connectivity index is -0.000000136. The molecule has 0 aromatic carbocycles. The molecule has 0 bridgehead atoms. The van der Waals surface area contributed by atoms with E-state index in [4.69, 9.17) is 4.74 Å². The summed E-state index contributed by atoms with van der Waals surface area (Å²) in [6.45, 7) is 20.0. The van der Waals surface area contributed by atoms with Crippen molar-refractivity contribution in [3.63, 3.8) is 0 Å². The minimum Gasteiger partial charge on any atom is -0.499 e. The molecule has 3 N–H and O–H groups in total. The number of carbonyl (C=O) groups is 1. The van der Waals surface area contributed by atoms with E-state index in [2.05, 4.69) is 48.0 Å².